The molecule has 0 saturated heterocycles. The van der Waals surface area contributed by atoms with Gasteiger partial charge in [-0.25, -0.2) is 0 Å². The minimum absolute atomic E-state index is 0.116. The zero-order valence-corrected chi connectivity index (χ0v) is 16.3. The molecule has 0 aliphatic carbocycles. The number of aryl methyl sites for hydroxylation is 1. The second kappa shape index (κ2) is 9.47. The lowest BCUT2D eigenvalue weighted by Crippen LogP contribution is -1.87. The molecule has 2 N–H and O–H groups in total. The highest BCUT2D eigenvalue weighted by Gasteiger charge is 2.07. The summed E-state index contributed by atoms with van der Waals surface area (Å²) in [5.41, 5.74) is 3.10. The number of hydrogen-bond donors (Lipinski definition) is 2. The molecule has 0 aliphatic rings. The van der Waals surface area contributed by atoms with Crippen LogP contribution in [0, 0.1) is 6.92 Å². The van der Waals surface area contributed by atoms with Crippen molar-refractivity contribution in [2.75, 3.05) is 19.5 Å². The first kappa shape index (κ1) is 20.8. The van der Waals surface area contributed by atoms with Gasteiger partial charge in [-0.15, -0.1) is 22.9 Å². The Morgan fingerprint density at radius 1 is 0.964 bits per heavy atom. The maximum Gasteiger partial charge on any atom is 0.425 e. The van der Waals surface area contributed by atoms with Crippen molar-refractivity contribution in [2.24, 2.45) is 10.2 Å². The zero-order valence-electron chi connectivity index (χ0n) is 15.5. The Labute approximate surface area is 163 Å². The van der Waals surface area contributed by atoms with Gasteiger partial charge in [0.1, 0.15) is 17.1 Å². The largest absolute Gasteiger partial charge is 0.505 e. The molecule has 8 nitrogen and oxygen atoms in total. The number of phenolic OH excluding ortho intramolecular Hbond substituents is 1. The van der Waals surface area contributed by atoms with E-state index in [0.29, 0.717) is 17.1 Å². The summed E-state index contributed by atoms with van der Waals surface area (Å²) in [5, 5.41) is 23.7. The fourth-order valence-corrected chi connectivity index (χ4v) is 2.52. The van der Waals surface area contributed by atoms with Gasteiger partial charge in [0.2, 0.25) is 0 Å². The van der Waals surface area contributed by atoms with Crippen molar-refractivity contribution < 1.29 is 22.5 Å². The van der Waals surface area contributed by atoms with Gasteiger partial charge in [0, 0.05) is 18.1 Å². The van der Waals surface area contributed by atoms with Crippen LogP contribution < -0.4 is 10.1 Å². The van der Waals surface area contributed by atoms with E-state index in [1.165, 1.54) is 0 Å². The summed E-state index contributed by atoms with van der Waals surface area (Å²) in [7, 11) is 0.343. The number of phenols is 1. The number of nitrogens with one attached hydrogen (secondary N) is 1. The maximum absolute atomic E-state index is 10.5. The quantitative estimate of drug-likeness (QED) is 0.629. The van der Waals surface area contributed by atoms with E-state index in [9.17, 15) is 5.11 Å². The van der Waals surface area contributed by atoms with Gasteiger partial charge in [-0.3, -0.25) is 0 Å². The molecule has 9 heteroatoms. The predicted molar refractivity (Wildman–Crippen MR) is 107 cm³/mol. The lowest BCUT2D eigenvalue weighted by molar-refractivity contribution is 0.415. The summed E-state index contributed by atoms with van der Waals surface area (Å²) >= 11 is 0. The molecule has 0 radical (unpaired) electrons. The normalized spacial score (nSPS) is 10.4. The number of aromatic hydroxyl groups is 1. The number of fused-ring (bicyclic) bond motifs is 1. The summed E-state index contributed by atoms with van der Waals surface area (Å²) < 4.78 is 30.6. The van der Waals surface area contributed by atoms with Crippen LogP contribution in [0.2, 0.25) is 0 Å². The molecule has 0 saturated carbocycles. The van der Waals surface area contributed by atoms with E-state index < -0.39 is 10.6 Å². The van der Waals surface area contributed by atoms with E-state index in [0.717, 1.165) is 22.0 Å². The number of nitrogens with zero attached hydrogens (tertiary/aromatic N) is 2. The number of methoxy groups -OCH3 is 1. The van der Waals surface area contributed by atoms with Crippen LogP contribution in [0.15, 0.2) is 58.8 Å². The summed E-state index contributed by atoms with van der Waals surface area (Å²) in [5.74, 6) is 0.758. The number of anilines is 1. The molecule has 0 aliphatic heterocycles. The van der Waals surface area contributed by atoms with Gasteiger partial charge in [0.15, 0.2) is 5.75 Å². The summed E-state index contributed by atoms with van der Waals surface area (Å²) in [4.78, 5) is 0. The second-order valence-corrected chi connectivity index (χ2v) is 6.11. The molecule has 0 bridgehead atoms. The minimum Gasteiger partial charge on any atom is -0.505 e. The van der Waals surface area contributed by atoms with Crippen LogP contribution in [-0.2, 0) is 10.6 Å². The van der Waals surface area contributed by atoms with Crippen LogP contribution in [0.3, 0.4) is 0 Å². The molecule has 0 atom stereocenters. The monoisotopic (exact) mass is 401 g/mol. The molecule has 28 heavy (non-hydrogen) atoms. The van der Waals surface area contributed by atoms with Crippen LogP contribution in [-0.4, -0.2) is 31.9 Å². The van der Waals surface area contributed by atoms with Gasteiger partial charge < -0.3 is 15.2 Å². The van der Waals surface area contributed by atoms with Crippen molar-refractivity contribution in [3.05, 3.63) is 54.1 Å². The van der Waals surface area contributed by atoms with Crippen molar-refractivity contribution >= 4 is 38.4 Å². The molecule has 0 unspecified atom stereocenters. The fourth-order valence-electron chi connectivity index (χ4n) is 2.52. The standard InChI is InChI=1S/C19H19N3O2.O3S/c1-12-4-9-18(24-3)17(10-12)22-21-16-8-5-13-11-14(20-2)6-7-15(13)19(16)23;1-4(2)3/h4-11,20,23H,1-3H3;. The highest BCUT2D eigenvalue weighted by molar-refractivity contribution is 7.59. The smallest absolute Gasteiger partial charge is 0.425 e. The summed E-state index contributed by atoms with van der Waals surface area (Å²) in [6.45, 7) is 1.98. The Morgan fingerprint density at radius 3 is 2.29 bits per heavy atom. The van der Waals surface area contributed by atoms with Crippen LogP contribution in [0.5, 0.6) is 11.5 Å². The van der Waals surface area contributed by atoms with Crippen LogP contribution in [0.4, 0.5) is 17.1 Å². The molecule has 0 heterocycles. The molecule has 3 rings (SSSR count). The SMILES string of the molecule is CNc1ccc2c(O)c(N=Nc3cc(C)ccc3OC)ccc2c1.O=S(=O)=O. The topological polar surface area (TPSA) is 117 Å². The Hall–Kier alpha value is -3.46. The van der Waals surface area contributed by atoms with Crippen LogP contribution >= 0.6 is 0 Å². The molecule has 3 aromatic rings. The molecular weight excluding hydrogens is 382 g/mol. The molecule has 0 spiro atoms. The van der Waals surface area contributed by atoms with E-state index in [2.05, 4.69) is 15.5 Å². The first-order valence-corrected chi connectivity index (χ1v) is 9.12. The maximum atomic E-state index is 10.5. The second-order valence-electron chi connectivity index (χ2n) is 5.70. The lowest BCUT2D eigenvalue weighted by Gasteiger charge is -2.07. The first-order chi connectivity index (χ1) is 13.3. The predicted octanol–water partition coefficient (Wildman–Crippen LogP) is 4.32. The number of ether oxygens (including phenoxy) is 1. The lowest BCUT2D eigenvalue weighted by atomic mass is 10.1. The fraction of sp³-hybridized carbons (Fsp3) is 0.158. The molecule has 3 aromatic carbocycles. The Morgan fingerprint density at radius 2 is 1.64 bits per heavy atom. The van der Waals surface area contributed by atoms with Gasteiger partial charge in [-0.1, -0.05) is 12.1 Å². The average molecular weight is 401 g/mol. The van der Waals surface area contributed by atoms with E-state index in [1.807, 2.05) is 56.4 Å². The molecule has 0 fully saturated rings. The molecule has 146 valence electrons. The van der Waals surface area contributed by atoms with Crippen LogP contribution in [0.1, 0.15) is 5.56 Å². The van der Waals surface area contributed by atoms with Crippen molar-refractivity contribution in [3.8, 4) is 11.5 Å². The summed E-state index contributed by atoms with van der Waals surface area (Å²) in [6.07, 6.45) is 0. The van der Waals surface area contributed by atoms with Gasteiger partial charge in [0.05, 0.1) is 7.11 Å². The third kappa shape index (κ3) is 5.27. The molecule has 0 amide bonds. The molecular formula is C19H19N3O5S. The van der Waals surface area contributed by atoms with Crippen molar-refractivity contribution in [3.63, 3.8) is 0 Å². The Bertz CT molecular complexity index is 1120. The Balaban J connectivity index is 0.000000640. The first-order valence-electron chi connectivity index (χ1n) is 8.12. The van der Waals surface area contributed by atoms with Crippen LogP contribution in [0.25, 0.3) is 10.8 Å². The van der Waals surface area contributed by atoms with Gasteiger partial charge in [-0.05, 0) is 54.3 Å². The van der Waals surface area contributed by atoms with E-state index in [4.69, 9.17) is 17.4 Å². The van der Waals surface area contributed by atoms with E-state index >= 15 is 0 Å². The highest BCUT2D eigenvalue weighted by Crippen LogP contribution is 2.37. The number of azo groups is 1. The highest BCUT2D eigenvalue weighted by atomic mass is 32.2. The third-order valence-corrected chi connectivity index (χ3v) is 3.86. The summed E-state index contributed by atoms with van der Waals surface area (Å²) in [6, 6.07) is 15.1. The van der Waals surface area contributed by atoms with Gasteiger partial charge >= 0.3 is 10.6 Å². The number of hydrogen-bond acceptors (Lipinski definition) is 8. The van der Waals surface area contributed by atoms with E-state index in [-0.39, 0.29) is 5.75 Å². The van der Waals surface area contributed by atoms with Crippen molar-refractivity contribution in [1.29, 1.82) is 0 Å². The third-order valence-electron chi connectivity index (χ3n) is 3.86. The van der Waals surface area contributed by atoms with Gasteiger partial charge in [-0.2, -0.15) is 0 Å². The average Bonchev–Trinajstić information content (AvgIpc) is 2.67. The number of benzene rings is 3. The number of rotatable bonds is 4. The van der Waals surface area contributed by atoms with Crippen molar-refractivity contribution in [1.82, 2.24) is 0 Å². The minimum atomic E-state index is -3.11. The zero-order chi connectivity index (χ0) is 20.7. The van der Waals surface area contributed by atoms with Crippen molar-refractivity contribution in [2.45, 2.75) is 6.92 Å². The van der Waals surface area contributed by atoms with E-state index in [1.54, 1.807) is 13.2 Å². The van der Waals surface area contributed by atoms with Gasteiger partial charge in [0.25, 0.3) is 0 Å². The Kier molecular flexibility index (Phi) is 7.05. The molecule has 0 aromatic heterocycles.